The Bertz CT molecular complexity index is 706. The first-order valence-corrected chi connectivity index (χ1v) is 8.47. The Morgan fingerprint density at radius 3 is 3.00 bits per heavy atom. The van der Waals surface area contributed by atoms with Crippen molar-refractivity contribution in [3.05, 3.63) is 35.9 Å². The molecule has 0 bridgehead atoms. The molecule has 0 N–H and O–H groups in total. The molecule has 0 aromatic carbocycles. The number of aryl methyl sites for hydroxylation is 4. The number of nitrogens with zero attached hydrogens (tertiary/aromatic N) is 5. The van der Waals surface area contributed by atoms with Crippen LogP contribution in [0.3, 0.4) is 0 Å². The molecule has 7 heteroatoms. The van der Waals surface area contributed by atoms with Crippen molar-refractivity contribution in [2.45, 2.75) is 39.3 Å². The Morgan fingerprint density at radius 2 is 2.29 bits per heavy atom. The van der Waals surface area contributed by atoms with E-state index in [4.69, 9.17) is 4.74 Å². The Labute approximate surface area is 142 Å². The molecule has 0 unspecified atom stereocenters. The first kappa shape index (κ1) is 16.7. The number of carbonyl (C=O) groups excluding carboxylic acids is 1. The van der Waals surface area contributed by atoms with E-state index in [1.807, 2.05) is 35.8 Å². The second-order valence-electron chi connectivity index (χ2n) is 6.19. The van der Waals surface area contributed by atoms with Gasteiger partial charge in [0.15, 0.2) is 0 Å². The van der Waals surface area contributed by atoms with E-state index in [9.17, 15) is 4.79 Å². The Kier molecular flexibility index (Phi) is 4.99. The number of hydrogen-bond donors (Lipinski definition) is 0. The van der Waals surface area contributed by atoms with Gasteiger partial charge < -0.3 is 18.8 Å². The standard InChI is InChI=1S/C17H25N5O2/c1-4-15-18-6-8-21(15)7-5-16(23)22-9-10-24-14(12-22)17-19-13(2)11-20(17)3/h6,8,11,14H,4-5,7,9-10,12H2,1-3H3/t14-/m1/s1. The van der Waals surface area contributed by atoms with Gasteiger partial charge >= 0.3 is 0 Å². The maximum Gasteiger partial charge on any atom is 0.224 e. The zero-order chi connectivity index (χ0) is 17.1. The van der Waals surface area contributed by atoms with Crippen molar-refractivity contribution < 1.29 is 9.53 Å². The van der Waals surface area contributed by atoms with E-state index < -0.39 is 0 Å². The minimum absolute atomic E-state index is 0.152. The number of morpholine rings is 1. The molecule has 0 spiro atoms. The summed E-state index contributed by atoms with van der Waals surface area (Å²) in [7, 11) is 1.96. The van der Waals surface area contributed by atoms with Gasteiger partial charge in [0.1, 0.15) is 17.8 Å². The Balaban J connectivity index is 1.60. The van der Waals surface area contributed by atoms with Gasteiger partial charge in [-0.2, -0.15) is 0 Å². The number of ether oxygens (including phenoxy) is 1. The highest BCUT2D eigenvalue weighted by molar-refractivity contribution is 5.76. The van der Waals surface area contributed by atoms with Crippen LogP contribution in [0.25, 0.3) is 0 Å². The molecule has 24 heavy (non-hydrogen) atoms. The van der Waals surface area contributed by atoms with Crippen LogP contribution in [0, 0.1) is 6.92 Å². The molecule has 1 saturated heterocycles. The third kappa shape index (κ3) is 3.51. The number of carbonyl (C=O) groups is 1. The van der Waals surface area contributed by atoms with E-state index in [1.165, 1.54) is 0 Å². The number of rotatable bonds is 5. The van der Waals surface area contributed by atoms with E-state index >= 15 is 0 Å². The van der Waals surface area contributed by atoms with Crippen LogP contribution in [0.1, 0.15) is 36.8 Å². The predicted molar refractivity (Wildman–Crippen MR) is 89.4 cm³/mol. The molecule has 1 atom stereocenters. The van der Waals surface area contributed by atoms with Crippen LogP contribution in [0.5, 0.6) is 0 Å². The number of aromatic nitrogens is 4. The molecule has 3 rings (SSSR count). The van der Waals surface area contributed by atoms with Crippen LogP contribution < -0.4 is 0 Å². The minimum atomic E-state index is -0.152. The molecule has 2 aromatic heterocycles. The smallest absolute Gasteiger partial charge is 0.224 e. The molecule has 1 aliphatic heterocycles. The fraction of sp³-hybridized carbons (Fsp3) is 0.588. The first-order chi connectivity index (χ1) is 11.6. The fourth-order valence-corrected chi connectivity index (χ4v) is 3.20. The second kappa shape index (κ2) is 7.17. The van der Waals surface area contributed by atoms with Crippen LogP contribution in [-0.2, 0) is 29.5 Å². The highest BCUT2D eigenvalue weighted by Gasteiger charge is 2.28. The summed E-state index contributed by atoms with van der Waals surface area (Å²) < 4.78 is 9.87. The van der Waals surface area contributed by atoms with Crippen LogP contribution in [0.4, 0.5) is 0 Å². The van der Waals surface area contributed by atoms with Crippen LogP contribution >= 0.6 is 0 Å². The van der Waals surface area contributed by atoms with Gasteiger partial charge in [0.05, 0.1) is 18.8 Å². The lowest BCUT2D eigenvalue weighted by Gasteiger charge is -2.32. The summed E-state index contributed by atoms with van der Waals surface area (Å²) in [5.41, 5.74) is 0.965. The van der Waals surface area contributed by atoms with E-state index in [-0.39, 0.29) is 12.0 Å². The second-order valence-corrected chi connectivity index (χ2v) is 6.19. The molecule has 7 nitrogen and oxygen atoms in total. The van der Waals surface area contributed by atoms with Gasteiger partial charge in [-0.1, -0.05) is 6.92 Å². The number of amides is 1. The van der Waals surface area contributed by atoms with Crippen molar-refractivity contribution >= 4 is 5.91 Å². The maximum atomic E-state index is 12.6. The SMILES string of the molecule is CCc1nccn1CCC(=O)N1CCO[C@@H](c2nc(C)cn2C)C1. The fourth-order valence-electron chi connectivity index (χ4n) is 3.20. The lowest BCUT2D eigenvalue weighted by atomic mass is 10.2. The average Bonchev–Trinajstić information content (AvgIpc) is 3.18. The maximum absolute atomic E-state index is 12.6. The van der Waals surface area contributed by atoms with Gasteiger partial charge in [-0.05, 0) is 6.92 Å². The minimum Gasteiger partial charge on any atom is -0.367 e. The van der Waals surface area contributed by atoms with E-state index in [2.05, 4.69) is 21.5 Å². The Morgan fingerprint density at radius 1 is 1.46 bits per heavy atom. The monoisotopic (exact) mass is 331 g/mol. The van der Waals surface area contributed by atoms with Crippen LogP contribution in [0.2, 0.25) is 0 Å². The molecule has 0 radical (unpaired) electrons. The highest BCUT2D eigenvalue weighted by atomic mass is 16.5. The third-order valence-corrected chi connectivity index (χ3v) is 4.42. The molecule has 1 amide bonds. The molecule has 1 fully saturated rings. The number of imidazole rings is 2. The average molecular weight is 331 g/mol. The lowest BCUT2D eigenvalue weighted by molar-refractivity contribution is -0.139. The topological polar surface area (TPSA) is 65.2 Å². The van der Waals surface area contributed by atoms with Gasteiger partial charge in [-0.25, -0.2) is 9.97 Å². The predicted octanol–water partition coefficient (Wildman–Crippen LogP) is 1.48. The van der Waals surface area contributed by atoms with Crippen molar-refractivity contribution in [2.24, 2.45) is 7.05 Å². The van der Waals surface area contributed by atoms with Crippen molar-refractivity contribution in [3.63, 3.8) is 0 Å². The van der Waals surface area contributed by atoms with Crippen molar-refractivity contribution in [3.8, 4) is 0 Å². The van der Waals surface area contributed by atoms with Crippen LogP contribution in [-0.4, -0.2) is 49.6 Å². The van der Waals surface area contributed by atoms with Crippen LogP contribution in [0.15, 0.2) is 18.6 Å². The van der Waals surface area contributed by atoms with Gasteiger partial charge in [0.2, 0.25) is 5.91 Å². The molecule has 2 aromatic rings. The molecule has 0 saturated carbocycles. The summed E-state index contributed by atoms with van der Waals surface area (Å²) in [5, 5.41) is 0. The zero-order valence-corrected chi connectivity index (χ0v) is 14.6. The van der Waals surface area contributed by atoms with E-state index in [0.29, 0.717) is 32.7 Å². The highest BCUT2D eigenvalue weighted by Crippen LogP contribution is 2.21. The van der Waals surface area contributed by atoms with E-state index in [0.717, 1.165) is 23.8 Å². The molecule has 130 valence electrons. The van der Waals surface area contributed by atoms with Gasteiger partial charge in [-0.3, -0.25) is 4.79 Å². The summed E-state index contributed by atoms with van der Waals surface area (Å²) in [6.07, 6.45) is 6.91. The lowest BCUT2D eigenvalue weighted by Crippen LogP contribution is -2.43. The van der Waals surface area contributed by atoms with Crippen molar-refractivity contribution in [1.29, 1.82) is 0 Å². The van der Waals surface area contributed by atoms with Crippen molar-refractivity contribution in [2.75, 3.05) is 19.7 Å². The molecule has 1 aliphatic rings. The summed E-state index contributed by atoms with van der Waals surface area (Å²) in [6.45, 7) is 6.46. The summed E-state index contributed by atoms with van der Waals surface area (Å²) in [4.78, 5) is 23.3. The van der Waals surface area contributed by atoms with Gasteiger partial charge in [0, 0.05) is 51.6 Å². The van der Waals surface area contributed by atoms with Crippen molar-refractivity contribution in [1.82, 2.24) is 24.0 Å². The third-order valence-electron chi connectivity index (χ3n) is 4.42. The van der Waals surface area contributed by atoms with Gasteiger partial charge in [0.25, 0.3) is 0 Å². The normalized spacial score (nSPS) is 18.1. The number of hydrogen-bond acceptors (Lipinski definition) is 4. The summed E-state index contributed by atoms with van der Waals surface area (Å²) >= 11 is 0. The summed E-state index contributed by atoms with van der Waals surface area (Å²) in [5.74, 6) is 2.06. The molecular weight excluding hydrogens is 306 g/mol. The quantitative estimate of drug-likeness (QED) is 0.832. The van der Waals surface area contributed by atoms with E-state index in [1.54, 1.807) is 6.20 Å². The molecule has 0 aliphatic carbocycles. The van der Waals surface area contributed by atoms with Gasteiger partial charge in [-0.15, -0.1) is 0 Å². The Hall–Kier alpha value is -2.15. The molecular formula is C17H25N5O2. The largest absolute Gasteiger partial charge is 0.367 e. The molecule has 3 heterocycles. The summed E-state index contributed by atoms with van der Waals surface area (Å²) in [6, 6.07) is 0. The zero-order valence-electron chi connectivity index (χ0n) is 14.6. The first-order valence-electron chi connectivity index (χ1n) is 8.47.